The Morgan fingerprint density at radius 3 is 2.23 bits per heavy atom. The number of aliphatic hydroxyl groups is 1. The van der Waals surface area contributed by atoms with Gasteiger partial charge in [-0.1, -0.05) is 51.1 Å². The van der Waals surface area contributed by atoms with Gasteiger partial charge in [0, 0.05) is 5.41 Å². The van der Waals surface area contributed by atoms with Crippen molar-refractivity contribution in [1.29, 1.82) is 0 Å². The lowest BCUT2D eigenvalue weighted by Gasteiger charge is -2.30. The van der Waals surface area contributed by atoms with Crippen molar-refractivity contribution in [3.05, 3.63) is 35.9 Å². The largest absolute Gasteiger partial charge is 0.392 e. The van der Waals surface area contributed by atoms with Gasteiger partial charge in [0.2, 0.25) is 0 Å². The predicted octanol–water partition coefficient (Wildman–Crippen LogP) is 2.74. The van der Waals surface area contributed by atoms with Crippen molar-refractivity contribution < 1.29 is 5.11 Å². The summed E-state index contributed by atoms with van der Waals surface area (Å²) in [6.45, 7) is 6.17. The third kappa shape index (κ3) is 2.10. The van der Waals surface area contributed by atoms with E-state index in [4.69, 9.17) is 0 Å². The van der Waals surface area contributed by atoms with Crippen LogP contribution in [0.3, 0.4) is 0 Å². The Balaban J connectivity index is 2.93. The summed E-state index contributed by atoms with van der Waals surface area (Å²) in [7, 11) is 0. The van der Waals surface area contributed by atoms with E-state index >= 15 is 0 Å². The highest BCUT2D eigenvalue weighted by molar-refractivity contribution is 5.24. The Bertz CT molecular complexity index is 251. The van der Waals surface area contributed by atoms with Gasteiger partial charge in [0.25, 0.3) is 0 Å². The van der Waals surface area contributed by atoms with Gasteiger partial charge in [0.1, 0.15) is 0 Å². The smallest absolute Gasteiger partial charge is 0.0628 e. The molecule has 0 fully saturated rings. The van der Waals surface area contributed by atoms with Crippen LogP contribution in [0.25, 0.3) is 0 Å². The van der Waals surface area contributed by atoms with Gasteiger partial charge in [-0.25, -0.2) is 0 Å². The fraction of sp³-hybridized carbons (Fsp3) is 0.500. The van der Waals surface area contributed by atoms with Gasteiger partial charge >= 0.3 is 0 Å². The summed E-state index contributed by atoms with van der Waals surface area (Å²) in [5.74, 6) is 0. The Hall–Kier alpha value is -0.820. The van der Waals surface area contributed by atoms with Gasteiger partial charge in [-0.15, -0.1) is 0 Å². The Morgan fingerprint density at radius 2 is 1.77 bits per heavy atom. The first-order chi connectivity index (χ1) is 6.09. The molecule has 13 heavy (non-hydrogen) atoms. The van der Waals surface area contributed by atoms with Crippen molar-refractivity contribution in [2.24, 2.45) is 0 Å². The van der Waals surface area contributed by atoms with Crippen LogP contribution in [0.4, 0.5) is 0 Å². The second-order valence-electron chi connectivity index (χ2n) is 4.01. The van der Waals surface area contributed by atoms with Crippen LogP contribution in [-0.2, 0) is 5.41 Å². The fourth-order valence-corrected chi connectivity index (χ4v) is 1.57. The SMILES string of the molecule is CCC(O)C(C)(C)c1ccccc1. The zero-order chi connectivity index (χ0) is 9.90. The average molecular weight is 178 g/mol. The summed E-state index contributed by atoms with van der Waals surface area (Å²) in [5.41, 5.74) is 1.06. The summed E-state index contributed by atoms with van der Waals surface area (Å²) in [5, 5.41) is 9.84. The Kier molecular flexibility index (Phi) is 3.10. The molecule has 0 saturated carbocycles. The number of aliphatic hydroxyl groups excluding tert-OH is 1. The molecule has 1 atom stereocenters. The summed E-state index contributed by atoms with van der Waals surface area (Å²) in [6, 6.07) is 10.2. The Morgan fingerprint density at radius 1 is 1.23 bits per heavy atom. The first-order valence-electron chi connectivity index (χ1n) is 4.82. The minimum atomic E-state index is -0.269. The Labute approximate surface area is 80.4 Å². The van der Waals surface area contributed by atoms with Gasteiger partial charge in [-0.05, 0) is 12.0 Å². The first-order valence-corrected chi connectivity index (χ1v) is 4.82. The lowest BCUT2D eigenvalue weighted by atomic mass is 9.78. The van der Waals surface area contributed by atoms with Crippen molar-refractivity contribution in [2.75, 3.05) is 0 Å². The van der Waals surface area contributed by atoms with Crippen LogP contribution in [0.1, 0.15) is 32.8 Å². The predicted molar refractivity (Wildman–Crippen MR) is 55.8 cm³/mol. The van der Waals surface area contributed by atoms with Crippen LogP contribution in [0.2, 0.25) is 0 Å². The average Bonchev–Trinajstić information content (AvgIpc) is 2.18. The van der Waals surface area contributed by atoms with Gasteiger partial charge in [0.15, 0.2) is 0 Å². The number of benzene rings is 1. The van der Waals surface area contributed by atoms with Gasteiger partial charge in [-0.2, -0.15) is 0 Å². The molecule has 0 amide bonds. The monoisotopic (exact) mass is 178 g/mol. The molecule has 1 aromatic rings. The van der Waals surface area contributed by atoms with E-state index in [1.807, 2.05) is 25.1 Å². The third-order valence-electron chi connectivity index (χ3n) is 2.74. The van der Waals surface area contributed by atoms with E-state index in [1.54, 1.807) is 0 Å². The molecule has 1 unspecified atom stereocenters. The fourth-order valence-electron chi connectivity index (χ4n) is 1.57. The van der Waals surface area contributed by atoms with Crippen LogP contribution in [-0.4, -0.2) is 11.2 Å². The molecular weight excluding hydrogens is 160 g/mol. The van der Waals surface area contributed by atoms with E-state index in [0.29, 0.717) is 0 Å². The zero-order valence-corrected chi connectivity index (χ0v) is 8.62. The lowest BCUT2D eigenvalue weighted by Crippen LogP contribution is -2.32. The van der Waals surface area contributed by atoms with Crippen molar-refractivity contribution in [2.45, 2.75) is 38.7 Å². The summed E-state index contributed by atoms with van der Waals surface area (Å²) >= 11 is 0. The van der Waals surface area contributed by atoms with E-state index in [2.05, 4.69) is 26.0 Å². The van der Waals surface area contributed by atoms with E-state index in [0.717, 1.165) is 6.42 Å². The molecule has 1 heteroatoms. The first kappa shape index (κ1) is 10.3. The van der Waals surface area contributed by atoms with Crippen molar-refractivity contribution in [3.63, 3.8) is 0 Å². The molecule has 72 valence electrons. The second kappa shape index (κ2) is 3.93. The van der Waals surface area contributed by atoms with Crippen LogP contribution in [0.5, 0.6) is 0 Å². The highest BCUT2D eigenvalue weighted by Gasteiger charge is 2.27. The number of hydrogen-bond donors (Lipinski definition) is 1. The highest BCUT2D eigenvalue weighted by atomic mass is 16.3. The standard InChI is InChI=1S/C12H18O/c1-4-11(13)12(2,3)10-8-6-5-7-9-10/h5-9,11,13H,4H2,1-3H3. The molecule has 1 rings (SSSR count). The minimum absolute atomic E-state index is 0.143. The number of hydrogen-bond acceptors (Lipinski definition) is 1. The van der Waals surface area contributed by atoms with Crippen LogP contribution >= 0.6 is 0 Å². The van der Waals surface area contributed by atoms with Crippen LogP contribution in [0, 0.1) is 0 Å². The van der Waals surface area contributed by atoms with Gasteiger partial charge < -0.3 is 5.11 Å². The molecule has 0 radical (unpaired) electrons. The van der Waals surface area contributed by atoms with E-state index in [1.165, 1.54) is 5.56 Å². The zero-order valence-electron chi connectivity index (χ0n) is 8.62. The molecule has 1 nitrogen and oxygen atoms in total. The molecule has 1 N–H and O–H groups in total. The molecule has 0 aromatic heterocycles. The van der Waals surface area contributed by atoms with Crippen LogP contribution in [0.15, 0.2) is 30.3 Å². The van der Waals surface area contributed by atoms with E-state index in [-0.39, 0.29) is 11.5 Å². The maximum absolute atomic E-state index is 9.84. The molecule has 0 aliphatic carbocycles. The van der Waals surface area contributed by atoms with E-state index in [9.17, 15) is 5.11 Å². The van der Waals surface area contributed by atoms with Crippen molar-refractivity contribution in [1.82, 2.24) is 0 Å². The molecule has 0 saturated heterocycles. The molecule has 0 heterocycles. The summed E-state index contributed by atoms with van der Waals surface area (Å²) in [4.78, 5) is 0. The minimum Gasteiger partial charge on any atom is -0.392 e. The van der Waals surface area contributed by atoms with Crippen molar-refractivity contribution in [3.8, 4) is 0 Å². The quantitative estimate of drug-likeness (QED) is 0.754. The molecule has 0 bridgehead atoms. The van der Waals surface area contributed by atoms with Gasteiger partial charge in [-0.3, -0.25) is 0 Å². The number of rotatable bonds is 3. The summed E-state index contributed by atoms with van der Waals surface area (Å²) < 4.78 is 0. The molecule has 1 aromatic carbocycles. The van der Waals surface area contributed by atoms with Crippen LogP contribution < -0.4 is 0 Å². The topological polar surface area (TPSA) is 20.2 Å². The molecule has 0 aliphatic heterocycles. The third-order valence-corrected chi connectivity index (χ3v) is 2.74. The molecule has 0 spiro atoms. The second-order valence-corrected chi connectivity index (χ2v) is 4.01. The highest BCUT2D eigenvalue weighted by Crippen LogP contribution is 2.28. The maximum Gasteiger partial charge on any atom is 0.0628 e. The summed E-state index contributed by atoms with van der Waals surface area (Å²) in [6.07, 6.45) is 0.525. The van der Waals surface area contributed by atoms with Gasteiger partial charge in [0.05, 0.1) is 6.10 Å². The molecule has 0 aliphatic rings. The maximum atomic E-state index is 9.84. The van der Waals surface area contributed by atoms with Crippen molar-refractivity contribution >= 4 is 0 Å². The molecular formula is C12H18O. The normalized spacial score (nSPS) is 14.2. The van der Waals surface area contributed by atoms with E-state index < -0.39 is 0 Å². The lowest BCUT2D eigenvalue weighted by molar-refractivity contribution is 0.0961.